The van der Waals surface area contributed by atoms with E-state index in [2.05, 4.69) is 36.6 Å². The summed E-state index contributed by atoms with van der Waals surface area (Å²) in [7, 11) is 0. The maximum absolute atomic E-state index is 13.5. The van der Waals surface area contributed by atoms with Crippen molar-refractivity contribution in [1.82, 2.24) is 20.1 Å². The number of aromatic nitrogens is 3. The lowest BCUT2D eigenvalue weighted by Crippen LogP contribution is -2.27. The molecule has 2 aromatic heterocycles. The van der Waals surface area contributed by atoms with Gasteiger partial charge in [-0.15, -0.1) is 0 Å². The van der Waals surface area contributed by atoms with Gasteiger partial charge in [-0.2, -0.15) is 18.3 Å². The summed E-state index contributed by atoms with van der Waals surface area (Å²) in [5.74, 6) is -0.978. The van der Waals surface area contributed by atoms with Crippen LogP contribution < -0.4 is 10.6 Å². The van der Waals surface area contributed by atoms with Crippen LogP contribution in [0.5, 0.6) is 0 Å². The number of carbonyl (C=O) groups excluding carboxylic acids is 2. The number of nitrogens with one attached hydrogen (secondary N) is 2. The first-order valence-corrected chi connectivity index (χ1v) is 13.4. The molecular formula is C28H27BrF3N5O4. The van der Waals surface area contributed by atoms with Crippen LogP contribution in [0, 0.1) is 13.8 Å². The highest BCUT2D eigenvalue weighted by Crippen LogP contribution is 2.32. The van der Waals surface area contributed by atoms with E-state index in [0.29, 0.717) is 46.8 Å². The van der Waals surface area contributed by atoms with E-state index in [1.807, 2.05) is 0 Å². The first kappa shape index (κ1) is 30.2. The van der Waals surface area contributed by atoms with Crippen LogP contribution in [0.15, 0.2) is 53.0 Å². The van der Waals surface area contributed by atoms with Gasteiger partial charge in [-0.25, -0.2) is 4.98 Å². The fourth-order valence-corrected chi connectivity index (χ4v) is 4.54. The molecule has 4 rings (SSSR count). The molecule has 2 aromatic carbocycles. The zero-order valence-corrected chi connectivity index (χ0v) is 23.8. The molecule has 0 bridgehead atoms. The van der Waals surface area contributed by atoms with E-state index in [4.69, 9.17) is 9.84 Å². The van der Waals surface area contributed by atoms with Gasteiger partial charge in [0.25, 0.3) is 11.8 Å². The SMILES string of the molecule is Cc1nn(Cc2ccc(C(=O)NCCOCCO)cc2)c(C)c1NC(=O)c1cc(C(F)(F)F)nc2ccc(Br)cc12. The van der Waals surface area contributed by atoms with Crippen molar-refractivity contribution in [1.29, 1.82) is 0 Å². The minimum Gasteiger partial charge on any atom is -0.394 e. The lowest BCUT2D eigenvalue weighted by molar-refractivity contribution is -0.141. The predicted molar refractivity (Wildman–Crippen MR) is 150 cm³/mol. The Morgan fingerprint density at radius 1 is 1.05 bits per heavy atom. The number of fused-ring (bicyclic) bond motifs is 1. The summed E-state index contributed by atoms with van der Waals surface area (Å²) in [6.07, 6.45) is -4.72. The fourth-order valence-electron chi connectivity index (χ4n) is 4.18. The van der Waals surface area contributed by atoms with Gasteiger partial charge in [0.1, 0.15) is 5.69 Å². The van der Waals surface area contributed by atoms with Gasteiger partial charge >= 0.3 is 6.18 Å². The molecule has 41 heavy (non-hydrogen) atoms. The van der Waals surface area contributed by atoms with Crippen LogP contribution in [-0.2, 0) is 17.5 Å². The van der Waals surface area contributed by atoms with Crippen molar-refractivity contribution in [3.05, 3.63) is 86.8 Å². The molecule has 2 heterocycles. The Labute approximate surface area is 241 Å². The number of ether oxygens (including phenoxy) is 1. The second kappa shape index (κ2) is 12.8. The quantitative estimate of drug-likeness (QED) is 0.215. The Hall–Kier alpha value is -3.81. The average molecular weight is 634 g/mol. The third kappa shape index (κ3) is 7.29. The lowest BCUT2D eigenvalue weighted by atomic mass is 10.1. The van der Waals surface area contributed by atoms with E-state index in [1.54, 1.807) is 54.9 Å². The number of benzene rings is 2. The molecule has 216 valence electrons. The number of nitrogens with zero attached hydrogens (tertiary/aromatic N) is 3. The summed E-state index contributed by atoms with van der Waals surface area (Å²) < 4.78 is 47.9. The molecule has 0 aliphatic rings. The summed E-state index contributed by atoms with van der Waals surface area (Å²) in [6.45, 7) is 4.51. The van der Waals surface area contributed by atoms with Crippen LogP contribution in [0.4, 0.5) is 18.9 Å². The Balaban J connectivity index is 1.50. The highest BCUT2D eigenvalue weighted by atomic mass is 79.9. The second-order valence-corrected chi connectivity index (χ2v) is 10.1. The molecule has 0 saturated carbocycles. The third-order valence-corrected chi connectivity index (χ3v) is 6.74. The zero-order valence-electron chi connectivity index (χ0n) is 22.2. The molecular weight excluding hydrogens is 607 g/mol. The molecule has 0 atom stereocenters. The smallest absolute Gasteiger partial charge is 0.394 e. The van der Waals surface area contributed by atoms with Gasteiger partial charge in [0.05, 0.1) is 54.5 Å². The van der Waals surface area contributed by atoms with Gasteiger partial charge in [0.2, 0.25) is 0 Å². The summed E-state index contributed by atoms with van der Waals surface area (Å²) in [6, 6.07) is 12.2. The first-order valence-electron chi connectivity index (χ1n) is 12.6. The highest BCUT2D eigenvalue weighted by Gasteiger charge is 2.34. The maximum atomic E-state index is 13.5. The number of anilines is 1. The molecule has 9 nitrogen and oxygen atoms in total. The molecule has 13 heteroatoms. The summed E-state index contributed by atoms with van der Waals surface area (Å²) in [4.78, 5) is 29.3. The van der Waals surface area contributed by atoms with Gasteiger partial charge in [0, 0.05) is 22.0 Å². The Kier molecular flexibility index (Phi) is 9.41. The number of alkyl halides is 3. The number of aliphatic hydroxyl groups excluding tert-OH is 1. The number of halogens is 4. The van der Waals surface area contributed by atoms with Crippen molar-refractivity contribution in [2.24, 2.45) is 0 Å². The van der Waals surface area contributed by atoms with Gasteiger partial charge in [-0.3, -0.25) is 14.3 Å². The molecule has 0 spiro atoms. The molecule has 0 aliphatic heterocycles. The largest absolute Gasteiger partial charge is 0.433 e. The minimum atomic E-state index is -4.72. The number of amides is 2. The van der Waals surface area contributed by atoms with Crippen LogP contribution >= 0.6 is 15.9 Å². The minimum absolute atomic E-state index is 0.0458. The van der Waals surface area contributed by atoms with Crippen molar-refractivity contribution in [2.45, 2.75) is 26.6 Å². The van der Waals surface area contributed by atoms with Crippen LogP contribution in [-0.4, -0.2) is 58.1 Å². The summed E-state index contributed by atoms with van der Waals surface area (Å²) in [5, 5.41) is 18.9. The number of hydrogen-bond acceptors (Lipinski definition) is 6. The van der Waals surface area contributed by atoms with Crippen LogP contribution in [0.25, 0.3) is 10.9 Å². The maximum Gasteiger partial charge on any atom is 0.433 e. The van der Waals surface area contributed by atoms with Crippen molar-refractivity contribution in [3.63, 3.8) is 0 Å². The Bertz CT molecular complexity index is 1570. The normalized spacial score (nSPS) is 11.6. The van der Waals surface area contributed by atoms with Crippen molar-refractivity contribution < 1.29 is 32.6 Å². The average Bonchev–Trinajstić information content (AvgIpc) is 3.19. The molecule has 3 N–H and O–H groups in total. The van der Waals surface area contributed by atoms with E-state index < -0.39 is 17.8 Å². The third-order valence-electron chi connectivity index (χ3n) is 6.24. The molecule has 4 aromatic rings. The molecule has 0 aliphatic carbocycles. The number of aryl methyl sites for hydroxylation is 1. The zero-order chi connectivity index (χ0) is 29.7. The number of aliphatic hydroxyl groups is 1. The lowest BCUT2D eigenvalue weighted by Gasteiger charge is -2.13. The van der Waals surface area contributed by atoms with E-state index in [1.165, 1.54) is 6.07 Å². The predicted octanol–water partition coefficient (Wildman–Crippen LogP) is 4.87. The summed E-state index contributed by atoms with van der Waals surface area (Å²) >= 11 is 3.30. The summed E-state index contributed by atoms with van der Waals surface area (Å²) in [5.41, 5.74) is 1.52. The Morgan fingerprint density at radius 2 is 1.78 bits per heavy atom. The number of hydrogen-bond donors (Lipinski definition) is 3. The van der Waals surface area contributed by atoms with Crippen molar-refractivity contribution >= 4 is 44.3 Å². The van der Waals surface area contributed by atoms with Crippen molar-refractivity contribution in [3.8, 4) is 0 Å². The number of pyridine rings is 1. The van der Waals surface area contributed by atoms with Gasteiger partial charge in [-0.05, 0) is 55.8 Å². The molecule has 0 fully saturated rings. The van der Waals surface area contributed by atoms with E-state index in [-0.39, 0.29) is 35.6 Å². The van der Waals surface area contributed by atoms with Gasteiger partial charge in [0.15, 0.2) is 0 Å². The topological polar surface area (TPSA) is 118 Å². The molecule has 2 amide bonds. The van der Waals surface area contributed by atoms with E-state index in [0.717, 1.165) is 11.6 Å². The monoisotopic (exact) mass is 633 g/mol. The number of rotatable bonds is 10. The van der Waals surface area contributed by atoms with Crippen LogP contribution in [0.1, 0.15) is 43.4 Å². The van der Waals surface area contributed by atoms with Crippen LogP contribution in [0.3, 0.4) is 0 Å². The van der Waals surface area contributed by atoms with E-state index in [9.17, 15) is 22.8 Å². The molecule has 0 unspecified atom stereocenters. The fraction of sp³-hybridized carbons (Fsp3) is 0.286. The number of carbonyl (C=O) groups is 2. The molecule has 0 radical (unpaired) electrons. The first-order chi connectivity index (χ1) is 19.5. The standard InChI is InChI=1S/C28H27BrF3N5O4/c1-16-25(35-27(40)22-14-24(28(30,31)32)34-23-8-7-20(29)13-21(22)23)17(2)37(36-16)15-18-3-5-19(6-4-18)26(39)33-9-11-41-12-10-38/h3-8,13-14,38H,9-12,15H2,1-2H3,(H,33,39)(H,35,40). The second-order valence-electron chi connectivity index (χ2n) is 9.16. The van der Waals surface area contributed by atoms with Crippen LogP contribution in [0.2, 0.25) is 0 Å². The Morgan fingerprint density at radius 3 is 2.46 bits per heavy atom. The highest BCUT2D eigenvalue weighted by molar-refractivity contribution is 9.10. The van der Waals surface area contributed by atoms with Crippen molar-refractivity contribution in [2.75, 3.05) is 31.7 Å². The van der Waals surface area contributed by atoms with Gasteiger partial charge < -0.3 is 20.5 Å². The molecule has 0 saturated heterocycles. The van der Waals surface area contributed by atoms with E-state index >= 15 is 0 Å². The van der Waals surface area contributed by atoms with Gasteiger partial charge in [-0.1, -0.05) is 28.1 Å².